The van der Waals surface area contributed by atoms with E-state index in [1.807, 2.05) is 11.8 Å². The fourth-order valence-corrected chi connectivity index (χ4v) is 2.92. The molecule has 0 saturated carbocycles. The lowest BCUT2D eigenvalue weighted by atomic mass is 9.98. The van der Waals surface area contributed by atoms with Crippen molar-refractivity contribution in [3.63, 3.8) is 0 Å². The molecule has 3 unspecified atom stereocenters. The predicted molar refractivity (Wildman–Crippen MR) is 86.3 cm³/mol. The first-order valence-electron chi connectivity index (χ1n) is 7.81. The molecule has 1 fully saturated rings. The second-order valence-electron chi connectivity index (χ2n) is 5.76. The van der Waals surface area contributed by atoms with Crippen LogP contribution in [0, 0.1) is 10.8 Å². The minimum atomic E-state index is -0.879. The average molecular weight is 338 g/mol. The van der Waals surface area contributed by atoms with Gasteiger partial charge >= 0.3 is 5.97 Å². The third-order valence-corrected chi connectivity index (χ3v) is 4.19. The molecule has 2 heterocycles. The first-order chi connectivity index (χ1) is 11.6. The fraction of sp³-hybridized carbons (Fsp3) is 0.667. The molecule has 1 aliphatic heterocycles. The Morgan fingerprint density at radius 2 is 2.21 bits per heavy atom. The number of nitrogens with zero attached hydrogens (tertiary/aromatic N) is 4. The monoisotopic (exact) mass is 338 g/mol. The molecular weight excluding hydrogens is 316 g/mol. The van der Waals surface area contributed by atoms with Gasteiger partial charge in [0.2, 0.25) is 5.82 Å². The van der Waals surface area contributed by atoms with Gasteiger partial charge in [-0.2, -0.15) is 0 Å². The molecule has 132 valence electrons. The van der Waals surface area contributed by atoms with Gasteiger partial charge in [-0.1, -0.05) is 6.92 Å². The first kappa shape index (κ1) is 18.2. The first-order valence-corrected chi connectivity index (χ1v) is 7.81. The molecule has 9 nitrogen and oxygen atoms in total. The van der Waals surface area contributed by atoms with Gasteiger partial charge in [0.15, 0.2) is 0 Å². The summed E-state index contributed by atoms with van der Waals surface area (Å²) in [6.45, 7) is 3.67. The molecule has 0 spiro atoms. The van der Waals surface area contributed by atoms with Crippen LogP contribution in [0.15, 0.2) is 17.6 Å². The number of carbonyl (C=O) groups is 1. The zero-order valence-electron chi connectivity index (χ0n) is 13.8. The maximum atomic E-state index is 11.2. The van der Waals surface area contributed by atoms with Gasteiger partial charge in [0, 0.05) is 38.8 Å². The van der Waals surface area contributed by atoms with E-state index >= 15 is 0 Å². The smallest absolute Gasteiger partial charge is 0.305 e. The number of ether oxygens (including phenoxy) is 2. The maximum Gasteiger partial charge on any atom is 0.305 e. The molecule has 1 aromatic rings. The Kier molecular flexibility index (Phi) is 6.56. The third kappa shape index (κ3) is 4.45. The van der Waals surface area contributed by atoms with Crippen LogP contribution in [0.25, 0.3) is 0 Å². The van der Waals surface area contributed by atoms with Gasteiger partial charge < -0.3 is 19.5 Å². The van der Waals surface area contributed by atoms with E-state index in [4.69, 9.17) is 9.47 Å². The summed E-state index contributed by atoms with van der Waals surface area (Å²) in [4.78, 5) is 31.6. The van der Waals surface area contributed by atoms with Gasteiger partial charge in [0.05, 0.1) is 24.9 Å². The van der Waals surface area contributed by atoms with Crippen LogP contribution < -0.4 is 4.90 Å². The van der Waals surface area contributed by atoms with Crippen molar-refractivity contribution in [2.75, 3.05) is 31.8 Å². The zero-order chi connectivity index (χ0) is 17.5. The van der Waals surface area contributed by atoms with Crippen molar-refractivity contribution < 1.29 is 19.4 Å². The molecule has 0 aliphatic carbocycles. The number of aromatic nitrogens is 2. The molecule has 3 atom stereocenters. The van der Waals surface area contributed by atoms with Gasteiger partial charge in [-0.15, -0.1) is 4.91 Å². The van der Waals surface area contributed by atoms with Gasteiger partial charge in [-0.3, -0.25) is 4.79 Å². The van der Waals surface area contributed by atoms with Crippen LogP contribution in [0.2, 0.25) is 0 Å². The van der Waals surface area contributed by atoms with Crippen molar-refractivity contribution in [2.45, 2.75) is 31.9 Å². The van der Waals surface area contributed by atoms with Crippen LogP contribution in [-0.4, -0.2) is 60.1 Å². The summed E-state index contributed by atoms with van der Waals surface area (Å²) in [7, 11) is 1.64. The molecule has 0 amide bonds. The molecule has 1 saturated heterocycles. The fourth-order valence-electron chi connectivity index (χ4n) is 2.92. The van der Waals surface area contributed by atoms with Gasteiger partial charge in [-0.25, -0.2) is 9.97 Å². The van der Waals surface area contributed by atoms with E-state index in [9.17, 15) is 14.8 Å². The molecule has 24 heavy (non-hydrogen) atoms. The molecule has 9 heteroatoms. The Morgan fingerprint density at radius 1 is 1.42 bits per heavy atom. The maximum absolute atomic E-state index is 11.2. The summed E-state index contributed by atoms with van der Waals surface area (Å²) >= 11 is 0. The molecule has 0 bridgehead atoms. The van der Waals surface area contributed by atoms with E-state index in [1.54, 1.807) is 7.11 Å². The van der Waals surface area contributed by atoms with Crippen molar-refractivity contribution in [3.05, 3.63) is 17.3 Å². The number of methoxy groups -OCH3 is 1. The second-order valence-corrected chi connectivity index (χ2v) is 5.76. The lowest BCUT2D eigenvalue weighted by Crippen LogP contribution is -2.34. The Bertz CT molecular complexity index is 553. The third-order valence-electron chi connectivity index (χ3n) is 4.19. The number of carboxylic acid groups (broad SMARTS) is 1. The van der Waals surface area contributed by atoms with Crippen LogP contribution >= 0.6 is 0 Å². The minimum Gasteiger partial charge on any atom is -0.481 e. The predicted octanol–water partition coefficient (Wildman–Crippen LogP) is 1.60. The second kappa shape index (κ2) is 8.65. The van der Waals surface area contributed by atoms with Crippen molar-refractivity contribution in [1.29, 1.82) is 0 Å². The number of hydrogen-bond acceptors (Lipinski definition) is 8. The summed E-state index contributed by atoms with van der Waals surface area (Å²) in [6.07, 6.45) is 3.37. The molecule has 1 aromatic heterocycles. The SMILES string of the molecule is COCCCOC1CN(c2cnc(N=O)cn2)C(CC(=O)O)C1C. The number of rotatable bonds is 9. The van der Waals surface area contributed by atoms with Crippen molar-refractivity contribution in [1.82, 2.24) is 9.97 Å². The van der Waals surface area contributed by atoms with Crippen LogP contribution in [0.3, 0.4) is 0 Å². The highest BCUT2D eigenvalue weighted by Gasteiger charge is 2.41. The van der Waals surface area contributed by atoms with E-state index in [0.717, 1.165) is 6.42 Å². The normalized spacial score (nSPS) is 23.4. The molecule has 1 N–H and O–H groups in total. The number of hydrogen-bond donors (Lipinski definition) is 1. The minimum absolute atomic E-state index is 0.00635. The molecule has 2 rings (SSSR count). The number of aliphatic carboxylic acids is 1. The number of carboxylic acids is 1. The molecule has 1 aliphatic rings. The highest BCUT2D eigenvalue weighted by molar-refractivity contribution is 5.68. The average Bonchev–Trinajstić information content (AvgIpc) is 2.88. The van der Waals surface area contributed by atoms with Crippen LogP contribution in [0.1, 0.15) is 19.8 Å². The summed E-state index contributed by atoms with van der Waals surface area (Å²) in [5, 5.41) is 11.9. The van der Waals surface area contributed by atoms with Crippen LogP contribution in [-0.2, 0) is 14.3 Å². The molecule has 0 aromatic carbocycles. The highest BCUT2D eigenvalue weighted by Crippen LogP contribution is 2.32. The number of anilines is 1. The largest absolute Gasteiger partial charge is 0.481 e. The topological polar surface area (TPSA) is 114 Å². The van der Waals surface area contributed by atoms with E-state index in [1.165, 1.54) is 12.4 Å². The molecular formula is C15H22N4O5. The summed E-state index contributed by atoms with van der Waals surface area (Å²) in [5.41, 5.74) is 0. The highest BCUT2D eigenvalue weighted by atomic mass is 16.5. The lowest BCUT2D eigenvalue weighted by Gasteiger charge is -2.25. The Hall–Kier alpha value is -2.13. The summed E-state index contributed by atoms with van der Waals surface area (Å²) < 4.78 is 10.9. The number of nitroso groups, excluding NO2 is 1. The lowest BCUT2D eigenvalue weighted by molar-refractivity contribution is -0.137. The van der Waals surface area contributed by atoms with Crippen LogP contribution in [0.5, 0.6) is 0 Å². The standard InChI is InChI=1S/C15H22N4O5/c1-10-11(6-15(20)21)19(9-12(10)24-5-3-4-23-2)14-8-16-13(18-22)7-17-14/h7-8,10-12H,3-6,9H2,1-2H3,(H,20,21). The van der Waals surface area contributed by atoms with E-state index in [-0.39, 0.29) is 30.3 Å². The van der Waals surface area contributed by atoms with E-state index < -0.39 is 5.97 Å². The van der Waals surface area contributed by atoms with E-state index in [2.05, 4.69) is 15.1 Å². The zero-order valence-corrected chi connectivity index (χ0v) is 13.8. The summed E-state index contributed by atoms with van der Waals surface area (Å²) in [6, 6.07) is -0.251. The van der Waals surface area contributed by atoms with E-state index in [0.29, 0.717) is 25.6 Å². The molecule has 0 radical (unpaired) electrons. The Morgan fingerprint density at radius 3 is 2.79 bits per heavy atom. The summed E-state index contributed by atoms with van der Waals surface area (Å²) in [5.74, 6) is -0.345. The van der Waals surface area contributed by atoms with Crippen molar-refractivity contribution in [3.8, 4) is 0 Å². The Balaban J connectivity index is 2.10. The quantitative estimate of drug-likeness (QED) is 0.533. The van der Waals surface area contributed by atoms with Crippen molar-refractivity contribution in [2.24, 2.45) is 11.1 Å². The van der Waals surface area contributed by atoms with Gasteiger partial charge in [-0.05, 0) is 11.6 Å². The Labute approximate surface area is 140 Å². The van der Waals surface area contributed by atoms with Crippen LogP contribution in [0.4, 0.5) is 11.6 Å². The van der Waals surface area contributed by atoms with Crippen molar-refractivity contribution >= 4 is 17.6 Å². The van der Waals surface area contributed by atoms with Gasteiger partial charge in [0.25, 0.3) is 0 Å². The van der Waals surface area contributed by atoms with Gasteiger partial charge in [0.1, 0.15) is 5.82 Å².